The van der Waals surface area contributed by atoms with Crippen molar-refractivity contribution in [1.82, 2.24) is 9.47 Å². The molecule has 0 saturated carbocycles. The van der Waals surface area contributed by atoms with Crippen molar-refractivity contribution in [2.24, 2.45) is 0 Å². The molecule has 0 radical (unpaired) electrons. The zero-order valence-corrected chi connectivity index (χ0v) is 14.1. The van der Waals surface area contributed by atoms with Crippen LogP contribution in [0.25, 0.3) is 0 Å². The van der Waals surface area contributed by atoms with E-state index in [1.807, 2.05) is 52.8 Å². The molecule has 1 aliphatic heterocycles. The maximum atomic E-state index is 12.8. The van der Waals surface area contributed by atoms with Gasteiger partial charge in [-0.1, -0.05) is 30.3 Å². The highest BCUT2D eigenvalue weighted by molar-refractivity contribution is 5.97. The van der Waals surface area contributed by atoms with Gasteiger partial charge in [0.1, 0.15) is 6.54 Å². The van der Waals surface area contributed by atoms with Crippen LogP contribution in [-0.4, -0.2) is 34.5 Å². The maximum absolute atomic E-state index is 12.8. The topological polar surface area (TPSA) is 51.5 Å². The van der Waals surface area contributed by atoms with Crippen molar-refractivity contribution in [3.8, 4) is 0 Å². The number of aromatic nitrogens is 1. The molecule has 1 aromatic carbocycles. The van der Waals surface area contributed by atoms with Crippen molar-refractivity contribution in [2.45, 2.75) is 33.4 Å². The van der Waals surface area contributed by atoms with Gasteiger partial charge in [0.05, 0.1) is 12.2 Å². The first kappa shape index (κ1) is 16.3. The normalized spacial score (nSPS) is 13.8. The van der Waals surface area contributed by atoms with E-state index in [9.17, 15) is 9.59 Å². The highest BCUT2D eigenvalue weighted by Crippen LogP contribution is 2.24. The van der Waals surface area contributed by atoms with E-state index in [1.165, 1.54) is 0 Å². The van der Waals surface area contributed by atoms with E-state index in [-0.39, 0.29) is 18.4 Å². The lowest BCUT2D eigenvalue weighted by Gasteiger charge is -2.28. The zero-order chi connectivity index (χ0) is 17.1. The van der Waals surface area contributed by atoms with E-state index < -0.39 is 0 Å². The fourth-order valence-electron chi connectivity index (χ4n) is 3.21. The first-order valence-corrected chi connectivity index (χ1v) is 8.28. The molecule has 5 heteroatoms. The number of esters is 1. The fraction of sp³-hybridized carbons (Fsp3) is 0.368. The van der Waals surface area contributed by atoms with Crippen molar-refractivity contribution < 1.29 is 14.3 Å². The molecule has 0 saturated heterocycles. The van der Waals surface area contributed by atoms with Gasteiger partial charge in [-0.15, -0.1) is 0 Å². The summed E-state index contributed by atoms with van der Waals surface area (Å²) in [7, 11) is 0. The third-order valence-corrected chi connectivity index (χ3v) is 4.36. The van der Waals surface area contributed by atoms with Gasteiger partial charge in [-0.2, -0.15) is 0 Å². The summed E-state index contributed by atoms with van der Waals surface area (Å²) < 4.78 is 6.94. The minimum absolute atomic E-state index is 0.0332. The zero-order valence-electron chi connectivity index (χ0n) is 14.1. The molecular formula is C19H22N2O3. The van der Waals surface area contributed by atoms with Crippen LogP contribution in [0.3, 0.4) is 0 Å². The number of rotatable bonds is 5. The molecule has 126 valence electrons. The molecule has 0 atom stereocenters. The van der Waals surface area contributed by atoms with Crippen LogP contribution in [0.15, 0.2) is 36.4 Å². The summed E-state index contributed by atoms with van der Waals surface area (Å²) >= 11 is 0. The minimum atomic E-state index is -0.266. The standard InChI is InChI=1S/C19H22N2O3/c1-3-24-18(22)13-21-14(2)11-16-17(21)9-10-20(19(16)23)12-15-7-5-4-6-8-15/h4-8,11H,3,9-10,12-13H2,1-2H3. The Morgan fingerprint density at radius 2 is 2.00 bits per heavy atom. The summed E-state index contributed by atoms with van der Waals surface area (Å²) in [6.45, 7) is 5.52. The third-order valence-electron chi connectivity index (χ3n) is 4.36. The molecule has 3 rings (SSSR count). The first-order valence-electron chi connectivity index (χ1n) is 8.28. The van der Waals surface area contributed by atoms with E-state index in [2.05, 4.69) is 0 Å². The molecule has 1 aromatic heterocycles. The van der Waals surface area contributed by atoms with Crippen molar-refractivity contribution in [3.05, 3.63) is 58.9 Å². The van der Waals surface area contributed by atoms with E-state index >= 15 is 0 Å². The van der Waals surface area contributed by atoms with Gasteiger partial charge in [0, 0.05) is 30.9 Å². The molecule has 2 aromatic rings. The summed E-state index contributed by atoms with van der Waals surface area (Å²) in [4.78, 5) is 26.5. The Labute approximate surface area is 141 Å². The quantitative estimate of drug-likeness (QED) is 0.794. The second kappa shape index (κ2) is 6.91. The Morgan fingerprint density at radius 1 is 1.25 bits per heavy atom. The maximum Gasteiger partial charge on any atom is 0.325 e. The molecule has 5 nitrogen and oxygen atoms in total. The number of hydrogen-bond donors (Lipinski definition) is 0. The summed E-state index contributed by atoms with van der Waals surface area (Å²) in [5, 5.41) is 0. The second-order valence-electron chi connectivity index (χ2n) is 6.00. The average molecular weight is 326 g/mol. The van der Waals surface area contributed by atoms with Crippen LogP contribution in [0.1, 0.15) is 34.2 Å². The van der Waals surface area contributed by atoms with Crippen LogP contribution in [-0.2, 0) is 29.0 Å². The number of ether oxygens (including phenoxy) is 1. The van der Waals surface area contributed by atoms with Crippen LogP contribution in [0.4, 0.5) is 0 Å². The molecule has 2 heterocycles. The van der Waals surface area contributed by atoms with Gasteiger partial charge in [-0.05, 0) is 25.5 Å². The molecule has 0 N–H and O–H groups in total. The molecule has 24 heavy (non-hydrogen) atoms. The van der Waals surface area contributed by atoms with Gasteiger partial charge in [-0.25, -0.2) is 0 Å². The predicted octanol–water partition coefficient (Wildman–Crippen LogP) is 2.56. The van der Waals surface area contributed by atoms with Crippen LogP contribution in [0.5, 0.6) is 0 Å². The van der Waals surface area contributed by atoms with E-state index in [0.29, 0.717) is 25.3 Å². The number of hydrogen-bond acceptors (Lipinski definition) is 3. The van der Waals surface area contributed by atoms with Gasteiger partial charge in [0.15, 0.2) is 0 Å². The lowest BCUT2D eigenvalue weighted by molar-refractivity contribution is -0.143. The minimum Gasteiger partial charge on any atom is -0.465 e. The SMILES string of the molecule is CCOC(=O)Cn1c(C)cc2c1CCN(Cc1ccccc1)C2=O. The first-order chi connectivity index (χ1) is 11.6. The van der Waals surface area contributed by atoms with Crippen LogP contribution in [0.2, 0.25) is 0 Å². The van der Waals surface area contributed by atoms with Crippen LogP contribution < -0.4 is 0 Å². The molecule has 0 bridgehead atoms. The van der Waals surface area contributed by atoms with E-state index in [1.54, 1.807) is 6.92 Å². The van der Waals surface area contributed by atoms with Gasteiger partial charge in [0.25, 0.3) is 5.91 Å². The average Bonchev–Trinajstić information content (AvgIpc) is 2.88. The van der Waals surface area contributed by atoms with E-state index in [0.717, 1.165) is 23.4 Å². The number of aryl methyl sites for hydroxylation is 1. The molecular weight excluding hydrogens is 304 g/mol. The summed E-state index contributed by atoms with van der Waals surface area (Å²) in [5.74, 6) is -0.232. The number of carbonyl (C=O) groups is 2. The number of benzene rings is 1. The Kier molecular flexibility index (Phi) is 4.69. The van der Waals surface area contributed by atoms with Crippen molar-refractivity contribution >= 4 is 11.9 Å². The number of fused-ring (bicyclic) bond motifs is 1. The predicted molar refractivity (Wildman–Crippen MR) is 90.7 cm³/mol. The highest BCUT2D eigenvalue weighted by atomic mass is 16.5. The Bertz CT molecular complexity index is 749. The largest absolute Gasteiger partial charge is 0.465 e. The molecule has 1 aliphatic rings. The lowest BCUT2D eigenvalue weighted by atomic mass is 10.1. The van der Waals surface area contributed by atoms with Gasteiger partial charge in [-0.3, -0.25) is 9.59 Å². The number of carbonyl (C=O) groups excluding carboxylic acids is 2. The Hall–Kier alpha value is -2.56. The van der Waals surface area contributed by atoms with Gasteiger partial charge < -0.3 is 14.2 Å². The van der Waals surface area contributed by atoms with E-state index in [4.69, 9.17) is 4.74 Å². The second-order valence-corrected chi connectivity index (χ2v) is 6.00. The molecule has 0 spiro atoms. The molecule has 0 unspecified atom stereocenters. The molecule has 0 aliphatic carbocycles. The van der Waals surface area contributed by atoms with Gasteiger partial charge >= 0.3 is 5.97 Å². The fourth-order valence-corrected chi connectivity index (χ4v) is 3.21. The summed E-state index contributed by atoms with van der Waals surface area (Å²) in [6.07, 6.45) is 0.751. The van der Waals surface area contributed by atoms with Crippen LogP contribution >= 0.6 is 0 Å². The monoisotopic (exact) mass is 326 g/mol. The van der Waals surface area contributed by atoms with Crippen molar-refractivity contribution in [3.63, 3.8) is 0 Å². The van der Waals surface area contributed by atoms with Crippen molar-refractivity contribution in [1.29, 1.82) is 0 Å². The van der Waals surface area contributed by atoms with Gasteiger partial charge in [0.2, 0.25) is 0 Å². The lowest BCUT2D eigenvalue weighted by Crippen LogP contribution is -2.37. The summed E-state index contributed by atoms with van der Waals surface area (Å²) in [6, 6.07) is 11.9. The molecule has 0 fully saturated rings. The third kappa shape index (κ3) is 3.20. The summed E-state index contributed by atoms with van der Waals surface area (Å²) in [5.41, 5.74) is 3.69. The van der Waals surface area contributed by atoms with Crippen molar-refractivity contribution in [2.75, 3.05) is 13.2 Å². The number of nitrogens with zero attached hydrogens (tertiary/aromatic N) is 2. The Balaban J connectivity index is 1.80. The number of amides is 1. The highest BCUT2D eigenvalue weighted by Gasteiger charge is 2.28. The Morgan fingerprint density at radius 3 is 2.71 bits per heavy atom. The smallest absolute Gasteiger partial charge is 0.325 e. The van der Waals surface area contributed by atoms with Crippen LogP contribution in [0, 0.1) is 6.92 Å². The molecule has 1 amide bonds.